The molecule has 0 saturated heterocycles. The van der Waals surface area contributed by atoms with E-state index in [1.54, 1.807) is 24.3 Å². The summed E-state index contributed by atoms with van der Waals surface area (Å²) in [4.78, 5) is 20.5. The van der Waals surface area contributed by atoms with Gasteiger partial charge < -0.3 is 0 Å². The fraction of sp³-hybridized carbons (Fsp3) is 0.0455. The third-order valence-corrected chi connectivity index (χ3v) is 4.44. The van der Waals surface area contributed by atoms with Crippen LogP contribution in [0.25, 0.3) is 22.6 Å². The fourth-order valence-electron chi connectivity index (χ4n) is 2.94. The molecule has 0 aliphatic carbocycles. The van der Waals surface area contributed by atoms with E-state index in [1.165, 1.54) is 24.5 Å². The average Bonchev–Trinajstić information content (AvgIpc) is 2.79. The molecule has 31 heavy (non-hydrogen) atoms. The van der Waals surface area contributed by atoms with Gasteiger partial charge in [0.2, 0.25) is 0 Å². The zero-order chi connectivity index (χ0) is 22.0. The van der Waals surface area contributed by atoms with Crippen LogP contribution in [-0.2, 0) is 6.54 Å². The molecule has 2 aromatic heterocycles. The number of hydrogen-bond acceptors (Lipinski definition) is 5. The SMILES string of the molecule is N#Cc1cnc(-c2cccc(Cn3nc(-c4cc(F)c(F)c(F)c4)ccc3=O)c2)nc1. The summed E-state index contributed by atoms with van der Waals surface area (Å²) in [5.41, 5.74) is 1.41. The molecule has 0 amide bonds. The van der Waals surface area contributed by atoms with Gasteiger partial charge >= 0.3 is 0 Å². The largest absolute Gasteiger partial charge is 0.268 e. The van der Waals surface area contributed by atoms with Gasteiger partial charge in [-0.15, -0.1) is 0 Å². The first-order valence-electron chi connectivity index (χ1n) is 8.99. The van der Waals surface area contributed by atoms with Gasteiger partial charge in [-0.25, -0.2) is 27.8 Å². The lowest BCUT2D eigenvalue weighted by Gasteiger charge is -2.09. The van der Waals surface area contributed by atoms with Crippen molar-refractivity contribution < 1.29 is 13.2 Å². The van der Waals surface area contributed by atoms with Gasteiger partial charge in [0.1, 0.15) is 6.07 Å². The first-order chi connectivity index (χ1) is 14.9. The lowest BCUT2D eigenvalue weighted by atomic mass is 10.1. The second-order valence-corrected chi connectivity index (χ2v) is 6.58. The molecule has 0 bridgehead atoms. The molecule has 4 rings (SSSR count). The normalized spacial score (nSPS) is 10.6. The summed E-state index contributed by atoms with van der Waals surface area (Å²) in [6, 6.07) is 13.2. The fourth-order valence-corrected chi connectivity index (χ4v) is 2.94. The molecule has 2 aromatic carbocycles. The first-order valence-corrected chi connectivity index (χ1v) is 8.99. The van der Waals surface area contributed by atoms with Crippen molar-refractivity contribution in [2.75, 3.05) is 0 Å². The molecule has 6 nitrogen and oxygen atoms in total. The van der Waals surface area contributed by atoms with Crippen LogP contribution in [0, 0.1) is 28.8 Å². The summed E-state index contributed by atoms with van der Waals surface area (Å²) in [5, 5.41) is 13.0. The van der Waals surface area contributed by atoms with E-state index in [-0.39, 0.29) is 17.8 Å². The first kappa shape index (κ1) is 20.0. The van der Waals surface area contributed by atoms with Gasteiger partial charge in [-0.3, -0.25) is 4.79 Å². The second-order valence-electron chi connectivity index (χ2n) is 6.58. The van der Waals surface area contributed by atoms with Gasteiger partial charge in [0, 0.05) is 29.6 Å². The van der Waals surface area contributed by atoms with E-state index in [0.29, 0.717) is 22.5 Å². The minimum Gasteiger partial charge on any atom is -0.268 e. The van der Waals surface area contributed by atoms with Crippen LogP contribution in [0.3, 0.4) is 0 Å². The van der Waals surface area contributed by atoms with E-state index in [2.05, 4.69) is 15.1 Å². The van der Waals surface area contributed by atoms with Gasteiger partial charge in [0.25, 0.3) is 5.56 Å². The Kier molecular flexibility index (Phi) is 5.28. The molecule has 9 heteroatoms. The summed E-state index contributed by atoms with van der Waals surface area (Å²) >= 11 is 0. The minimum absolute atomic E-state index is 0.00452. The molecule has 0 unspecified atom stereocenters. The predicted molar refractivity (Wildman–Crippen MR) is 105 cm³/mol. The van der Waals surface area contributed by atoms with E-state index in [0.717, 1.165) is 16.8 Å². The van der Waals surface area contributed by atoms with Crippen molar-refractivity contribution in [3.05, 3.63) is 99.9 Å². The van der Waals surface area contributed by atoms with Crippen molar-refractivity contribution in [3.63, 3.8) is 0 Å². The number of halogens is 3. The summed E-state index contributed by atoms with van der Waals surface area (Å²) in [7, 11) is 0. The molecule has 4 aromatic rings. The maximum atomic E-state index is 13.6. The van der Waals surface area contributed by atoms with Gasteiger partial charge in [0.05, 0.1) is 17.8 Å². The smallest absolute Gasteiger partial charge is 0.267 e. The highest BCUT2D eigenvalue weighted by Gasteiger charge is 2.13. The minimum atomic E-state index is -1.57. The molecule has 0 atom stereocenters. The molecule has 0 radical (unpaired) electrons. The van der Waals surface area contributed by atoms with Crippen molar-refractivity contribution >= 4 is 0 Å². The zero-order valence-electron chi connectivity index (χ0n) is 15.8. The van der Waals surface area contributed by atoms with E-state index < -0.39 is 23.0 Å². The van der Waals surface area contributed by atoms with Crippen molar-refractivity contribution in [1.82, 2.24) is 19.7 Å². The van der Waals surface area contributed by atoms with Crippen LogP contribution in [-0.4, -0.2) is 19.7 Å². The Bertz CT molecular complexity index is 1350. The van der Waals surface area contributed by atoms with Gasteiger partial charge in [-0.2, -0.15) is 10.4 Å². The maximum Gasteiger partial charge on any atom is 0.267 e. The number of benzene rings is 2. The van der Waals surface area contributed by atoms with Crippen molar-refractivity contribution in [2.45, 2.75) is 6.54 Å². The number of nitriles is 1. The third kappa shape index (κ3) is 4.18. The van der Waals surface area contributed by atoms with Crippen LogP contribution in [0.5, 0.6) is 0 Å². The quantitative estimate of drug-likeness (QED) is 0.471. The van der Waals surface area contributed by atoms with Crippen LogP contribution in [0.2, 0.25) is 0 Å². The molecule has 152 valence electrons. The van der Waals surface area contributed by atoms with Crippen molar-refractivity contribution in [1.29, 1.82) is 5.26 Å². The molecular weight excluding hydrogens is 407 g/mol. The van der Waals surface area contributed by atoms with Gasteiger partial charge in [-0.05, 0) is 29.8 Å². The molecular formula is C22H12F3N5O. The molecule has 0 fully saturated rings. The molecule has 0 aliphatic heterocycles. The monoisotopic (exact) mass is 419 g/mol. The third-order valence-electron chi connectivity index (χ3n) is 4.44. The standard InChI is InChI=1S/C22H12F3N5O/c23-17-7-16(8-18(24)21(17)25)19-4-5-20(31)30(29-19)12-13-2-1-3-15(6-13)22-27-10-14(9-26)11-28-22/h1-8,10-11H,12H2. The Morgan fingerprint density at radius 2 is 1.65 bits per heavy atom. The topological polar surface area (TPSA) is 84.5 Å². The molecule has 0 saturated carbocycles. The zero-order valence-corrected chi connectivity index (χ0v) is 15.8. The number of rotatable bonds is 4. The molecule has 0 aliphatic rings. The Labute approximate surface area is 173 Å². The Hall–Kier alpha value is -4.32. The summed E-state index contributed by atoms with van der Waals surface area (Å²) in [6.07, 6.45) is 2.82. The van der Waals surface area contributed by atoms with Crippen molar-refractivity contribution in [3.8, 4) is 28.7 Å². The van der Waals surface area contributed by atoms with Crippen LogP contribution < -0.4 is 5.56 Å². The Morgan fingerprint density at radius 3 is 2.32 bits per heavy atom. The number of hydrogen-bond donors (Lipinski definition) is 0. The van der Waals surface area contributed by atoms with E-state index in [1.807, 2.05) is 6.07 Å². The van der Waals surface area contributed by atoms with Crippen LogP contribution in [0.4, 0.5) is 13.2 Å². The van der Waals surface area contributed by atoms with Crippen LogP contribution >= 0.6 is 0 Å². The highest BCUT2D eigenvalue weighted by atomic mass is 19.2. The molecule has 0 N–H and O–H groups in total. The molecule has 2 heterocycles. The highest BCUT2D eigenvalue weighted by molar-refractivity contribution is 5.59. The van der Waals surface area contributed by atoms with Crippen LogP contribution in [0.1, 0.15) is 11.1 Å². The average molecular weight is 419 g/mol. The van der Waals surface area contributed by atoms with E-state index in [4.69, 9.17) is 5.26 Å². The molecule has 0 spiro atoms. The number of nitrogens with zero attached hydrogens (tertiary/aromatic N) is 5. The van der Waals surface area contributed by atoms with E-state index >= 15 is 0 Å². The van der Waals surface area contributed by atoms with Crippen molar-refractivity contribution in [2.24, 2.45) is 0 Å². The van der Waals surface area contributed by atoms with E-state index in [9.17, 15) is 18.0 Å². The lowest BCUT2D eigenvalue weighted by Crippen LogP contribution is -2.22. The highest BCUT2D eigenvalue weighted by Crippen LogP contribution is 2.22. The number of aromatic nitrogens is 4. The Morgan fingerprint density at radius 1 is 0.935 bits per heavy atom. The second kappa shape index (κ2) is 8.20. The lowest BCUT2D eigenvalue weighted by molar-refractivity contribution is 0.447. The summed E-state index contributed by atoms with van der Waals surface area (Å²) in [5.74, 6) is -3.85. The maximum absolute atomic E-state index is 13.6. The summed E-state index contributed by atoms with van der Waals surface area (Å²) in [6.45, 7) is 0.0724. The van der Waals surface area contributed by atoms with Gasteiger partial charge in [0.15, 0.2) is 23.3 Å². The summed E-state index contributed by atoms with van der Waals surface area (Å²) < 4.78 is 41.5. The van der Waals surface area contributed by atoms with Crippen LogP contribution in [0.15, 0.2) is 65.7 Å². The van der Waals surface area contributed by atoms with Gasteiger partial charge in [-0.1, -0.05) is 18.2 Å². The predicted octanol–water partition coefficient (Wildman–Crippen LogP) is 3.70. The Balaban J connectivity index is 1.66.